The highest BCUT2D eigenvalue weighted by Gasteiger charge is 2.32. The second kappa shape index (κ2) is 20.0. The summed E-state index contributed by atoms with van der Waals surface area (Å²) in [6.45, 7) is 0.106. The molecule has 0 saturated heterocycles. The lowest BCUT2D eigenvalue weighted by atomic mass is 10.1. The maximum Gasteiger partial charge on any atom is 0.328 e. The molecule has 16 nitrogen and oxygen atoms in total. The summed E-state index contributed by atoms with van der Waals surface area (Å²) in [6.07, 6.45) is -0.711. The fraction of sp³-hybridized carbons (Fsp3) is 0.324. The van der Waals surface area contributed by atoms with E-state index in [-0.39, 0.29) is 56.4 Å². The Morgan fingerprint density at radius 2 is 1.42 bits per heavy atom. The number of hydrogen-bond acceptors (Lipinski definition) is 11. The van der Waals surface area contributed by atoms with Crippen molar-refractivity contribution in [3.8, 4) is 0 Å². The van der Waals surface area contributed by atoms with Crippen LogP contribution in [0, 0.1) is 0 Å². The van der Waals surface area contributed by atoms with Crippen LogP contribution in [0.25, 0.3) is 0 Å². The zero-order valence-electron chi connectivity index (χ0n) is 30.2. The van der Waals surface area contributed by atoms with Crippen LogP contribution in [0.15, 0.2) is 76.5 Å². The number of nitrogens with zero attached hydrogens (tertiary/aromatic N) is 1. The largest absolute Gasteiger partial charge is 0.469 e. The molecule has 3 aromatic carbocycles. The number of rotatable bonds is 16. The maximum atomic E-state index is 13.9. The monoisotopic (exact) mass is 797 g/mol. The Hall–Kier alpha value is -5.81. The predicted molar refractivity (Wildman–Crippen MR) is 199 cm³/mol. The van der Waals surface area contributed by atoms with Gasteiger partial charge in [0, 0.05) is 36.5 Å². The average Bonchev–Trinajstić information content (AvgIpc) is 3.27. The van der Waals surface area contributed by atoms with Gasteiger partial charge in [0.15, 0.2) is 0 Å². The maximum absolute atomic E-state index is 13.9. The minimum Gasteiger partial charge on any atom is -0.469 e. The Balaban J connectivity index is 1.34. The van der Waals surface area contributed by atoms with Gasteiger partial charge in [0.1, 0.15) is 12.1 Å². The topological polar surface area (TPSA) is 216 Å². The van der Waals surface area contributed by atoms with E-state index in [0.29, 0.717) is 20.5 Å². The Kier molecular flexibility index (Phi) is 15.3. The third-order valence-corrected chi connectivity index (χ3v) is 10.1. The minimum absolute atomic E-state index is 0.00572. The molecule has 0 saturated carbocycles. The molecule has 55 heavy (non-hydrogen) atoms. The van der Waals surface area contributed by atoms with Gasteiger partial charge in [0.2, 0.25) is 5.91 Å². The zero-order chi connectivity index (χ0) is 40.1. The normalized spacial score (nSPS) is 14.1. The number of amides is 5. The molecule has 0 aliphatic carbocycles. The number of urea groups is 1. The first-order valence-electron chi connectivity index (χ1n) is 16.9. The van der Waals surface area contributed by atoms with Crippen molar-refractivity contribution < 1.29 is 52.0 Å². The van der Waals surface area contributed by atoms with Crippen molar-refractivity contribution in [3.05, 3.63) is 88.4 Å². The number of anilines is 1. The van der Waals surface area contributed by atoms with Crippen molar-refractivity contribution in [2.75, 3.05) is 39.3 Å². The van der Waals surface area contributed by atoms with Crippen LogP contribution >= 0.6 is 11.6 Å². The number of halogens is 1. The van der Waals surface area contributed by atoms with Gasteiger partial charge in [-0.3, -0.25) is 19.2 Å². The molecule has 4 N–H and O–H groups in total. The van der Waals surface area contributed by atoms with Crippen molar-refractivity contribution in [1.29, 1.82) is 0 Å². The molecule has 5 amide bonds. The van der Waals surface area contributed by atoms with E-state index in [1.807, 2.05) is 0 Å². The molecule has 1 aliphatic heterocycles. The highest BCUT2D eigenvalue weighted by Crippen LogP contribution is 2.36. The number of nitrogens with one attached hydrogen (secondary N) is 4. The van der Waals surface area contributed by atoms with Gasteiger partial charge in [-0.1, -0.05) is 35.9 Å². The van der Waals surface area contributed by atoms with E-state index in [0.717, 1.165) is 19.8 Å². The van der Waals surface area contributed by atoms with Gasteiger partial charge in [-0.25, -0.2) is 18.6 Å². The first-order valence-corrected chi connectivity index (χ1v) is 18.4. The standard InChI is InChI=1S/C37H40ClN5O11S/c1-52-32(45)16-13-27(36(49)54-3)42-37(50)41-26(35(48)53-2)12-15-31(44)39-17-18-40-33(46)23-11-14-30-28(20-23)43(21-22-7-6-8-24(38)19-22)34(47)25-9-4-5-10-29(25)55(30)51/h4-11,14,19-20,26-27H,12-13,15-18,21H2,1-3H3,(H,39,44)(H,40,46)(H2,41,42,50). The summed E-state index contributed by atoms with van der Waals surface area (Å²) in [5.41, 5.74) is 1.48. The minimum atomic E-state index is -1.72. The first kappa shape index (κ1) is 41.9. The van der Waals surface area contributed by atoms with Gasteiger partial charge < -0.3 is 40.4 Å². The van der Waals surface area contributed by atoms with E-state index in [1.165, 1.54) is 24.1 Å². The van der Waals surface area contributed by atoms with Crippen molar-refractivity contribution >= 4 is 69.7 Å². The molecular weight excluding hydrogens is 758 g/mol. The van der Waals surface area contributed by atoms with Crippen molar-refractivity contribution in [2.45, 2.75) is 54.1 Å². The summed E-state index contributed by atoms with van der Waals surface area (Å²) < 4.78 is 27.6. The average molecular weight is 798 g/mol. The van der Waals surface area contributed by atoms with Gasteiger partial charge in [-0.2, -0.15) is 0 Å². The van der Waals surface area contributed by atoms with Crippen LogP contribution in [-0.4, -0.2) is 92.4 Å². The second-order valence-electron chi connectivity index (χ2n) is 12.0. The summed E-state index contributed by atoms with van der Waals surface area (Å²) in [7, 11) is 1.66. The number of methoxy groups -OCH3 is 3. The van der Waals surface area contributed by atoms with Crippen LogP contribution in [0.2, 0.25) is 5.02 Å². The Labute approximate surface area is 324 Å². The molecule has 0 fully saturated rings. The third kappa shape index (κ3) is 11.3. The highest BCUT2D eigenvalue weighted by atomic mass is 35.5. The van der Waals surface area contributed by atoms with Gasteiger partial charge in [0.25, 0.3) is 11.8 Å². The van der Waals surface area contributed by atoms with Gasteiger partial charge >= 0.3 is 23.9 Å². The Morgan fingerprint density at radius 3 is 2.07 bits per heavy atom. The number of hydrogen-bond donors (Lipinski definition) is 4. The van der Waals surface area contributed by atoms with Crippen LogP contribution in [0.3, 0.4) is 0 Å². The molecular formula is C37H40ClN5O11S. The van der Waals surface area contributed by atoms with E-state index < -0.39 is 64.5 Å². The number of ether oxygens (including phenoxy) is 3. The van der Waals surface area contributed by atoms with Crippen LogP contribution in [0.1, 0.15) is 52.0 Å². The smallest absolute Gasteiger partial charge is 0.328 e. The van der Waals surface area contributed by atoms with E-state index in [4.69, 9.17) is 16.3 Å². The molecule has 0 radical (unpaired) electrons. The molecule has 0 spiro atoms. The molecule has 3 atom stereocenters. The molecule has 0 bridgehead atoms. The fourth-order valence-electron chi connectivity index (χ4n) is 5.53. The number of benzene rings is 3. The predicted octanol–water partition coefficient (Wildman–Crippen LogP) is 2.63. The molecule has 3 aromatic rings. The van der Waals surface area contributed by atoms with E-state index in [1.54, 1.807) is 54.6 Å². The summed E-state index contributed by atoms with van der Waals surface area (Å²) in [4.78, 5) is 90.4. The van der Waals surface area contributed by atoms with E-state index in [2.05, 4.69) is 30.7 Å². The molecule has 4 rings (SSSR count). The molecule has 1 heterocycles. The summed E-state index contributed by atoms with van der Waals surface area (Å²) in [5.74, 6) is -3.69. The van der Waals surface area contributed by atoms with Crippen molar-refractivity contribution in [3.63, 3.8) is 0 Å². The van der Waals surface area contributed by atoms with Crippen LogP contribution in [0.4, 0.5) is 10.5 Å². The second-order valence-corrected chi connectivity index (χ2v) is 13.9. The molecule has 1 aliphatic rings. The SMILES string of the molecule is COC(=O)CCC(NC(=O)NC(CCC(=O)NCCNC(=O)c1ccc2c(c1)N(Cc1cccc(Cl)c1)C(=O)c1ccccc1S2=O)C(=O)OC)C(=O)OC. The molecule has 18 heteroatoms. The Morgan fingerprint density at radius 1 is 0.764 bits per heavy atom. The van der Waals surface area contributed by atoms with Gasteiger partial charge in [-0.05, 0) is 60.9 Å². The lowest BCUT2D eigenvalue weighted by Gasteiger charge is -2.24. The molecule has 3 unspecified atom stereocenters. The number of carbonyl (C=O) groups is 7. The number of fused-ring (bicyclic) bond motifs is 2. The highest BCUT2D eigenvalue weighted by molar-refractivity contribution is 7.85. The molecule has 292 valence electrons. The number of esters is 3. The third-order valence-electron chi connectivity index (χ3n) is 8.34. The van der Waals surface area contributed by atoms with Crippen molar-refractivity contribution in [2.24, 2.45) is 0 Å². The lowest BCUT2D eigenvalue weighted by molar-refractivity contribution is -0.144. The fourth-order valence-corrected chi connectivity index (χ4v) is 7.09. The van der Waals surface area contributed by atoms with E-state index in [9.17, 15) is 37.8 Å². The number of carbonyl (C=O) groups excluding carboxylic acids is 7. The first-order chi connectivity index (χ1) is 26.4. The van der Waals surface area contributed by atoms with Crippen LogP contribution in [0.5, 0.6) is 0 Å². The van der Waals surface area contributed by atoms with Crippen LogP contribution in [-0.2, 0) is 50.7 Å². The van der Waals surface area contributed by atoms with Gasteiger partial charge in [0.05, 0.1) is 59.7 Å². The zero-order valence-corrected chi connectivity index (χ0v) is 31.8. The summed E-state index contributed by atoms with van der Waals surface area (Å²) in [6, 6.07) is 14.7. The summed E-state index contributed by atoms with van der Waals surface area (Å²) in [5, 5.41) is 10.5. The quantitative estimate of drug-likeness (QED) is 0.0939. The van der Waals surface area contributed by atoms with Crippen LogP contribution < -0.4 is 26.2 Å². The molecule has 0 aromatic heterocycles. The lowest BCUT2D eigenvalue weighted by Crippen LogP contribution is -2.51. The van der Waals surface area contributed by atoms with E-state index >= 15 is 0 Å². The van der Waals surface area contributed by atoms with Crippen molar-refractivity contribution in [1.82, 2.24) is 21.3 Å². The Bertz CT molecular complexity index is 1980. The van der Waals surface area contributed by atoms with Gasteiger partial charge in [-0.15, -0.1) is 0 Å². The summed E-state index contributed by atoms with van der Waals surface area (Å²) >= 11 is 6.21.